The molecule has 0 aliphatic carbocycles. The van der Waals surface area contributed by atoms with Gasteiger partial charge in [-0.3, -0.25) is 0 Å². The summed E-state index contributed by atoms with van der Waals surface area (Å²) < 4.78 is 11.6. The SMILES string of the molecule is CC(C)[C@H](C[C@@]1(Cc2ccccc2)CCOC(C)(C)C1)NCc1ccco1. The second-order valence-electron chi connectivity index (χ2n) is 9.21. The van der Waals surface area contributed by atoms with Gasteiger partial charge in [-0.15, -0.1) is 0 Å². The summed E-state index contributed by atoms with van der Waals surface area (Å²) in [5.41, 5.74) is 1.63. The van der Waals surface area contributed by atoms with E-state index in [0.717, 1.165) is 44.6 Å². The molecule has 0 spiro atoms. The van der Waals surface area contributed by atoms with Gasteiger partial charge in [-0.2, -0.15) is 0 Å². The molecular weight excluding hydrogens is 334 g/mol. The fourth-order valence-corrected chi connectivity index (χ4v) is 4.67. The van der Waals surface area contributed by atoms with Crippen molar-refractivity contribution in [1.29, 1.82) is 0 Å². The number of hydrogen-bond acceptors (Lipinski definition) is 3. The highest BCUT2D eigenvalue weighted by atomic mass is 16.5. The van der Waals surface area contributed by atoms with Crippen LogP contribution in [0.3, 0.4) is 0 Å². The van der Waals surface area contributed by atoms with Crippen molar-refractivity contribution < 1.29 is 9.15 Å². The zero-order chi connectivity index (χ0) is 19.3. The molecule has 0 radical (unpaired) electrons. The minimum atomic E-state index is -0.0599. The molecule has 0 saturated carbocycles. The lowest BCUT2D eigenvalue weighted by Gasteiger charge is -2.47. The fraction of sp³-hybridized carbons (Fsp3) is 0.583. The second-order valence-corrected chi connectivity index (χ2v) is 9.21. The van der Waals surface area contributed by atoms with Crippen LogP contribution in [-0.4, -0.2) is 18.2 Å². The molecule has 3 heteroatoms. The van der Waals surface area contributed by atoms with Gasteiger partial charge in [0.15, 0.2) is 0 Å². The van der Waals surface area contributed by atoms with Crippen molar-refractivity contribution in [1.82, 2.24) is 5.32 Å². The molecule has 1 fully saturated rings. The van der Waals surface area contributed by atoms with E-state index in [0.29, 0.717) is 12.0 Å². The van der Waals surface area contributed by atoms with Crippen molar-refractivity contribution in [2.75, 3.05) is 6.61 Å². The smallest absolute Gasteiger partial charge is 0.117 e. The third-order valence-corrected chi connectivity index (χ3v) is 5.92. The molecule has 2 atom stereocenters. The first-order chi connectivity index (χ1) is 12.9. The average molecular weight is 370 g/mol. The van der Waals surface area contributed by atoms with Crippen LogP contribution in [0.4, 0.5) is 0 Å². The quantitative estimate of drug-likeness (QED) is 0.657. The molecule has 0 bridgehead atoms. The molecule has 2 heterocycles. The summed E-state index contributed by atoms with van der Waals surface area (Å²) in [6.45, 7) is 10.8. The third-order valence-electron chi connectivity index (χ3n) is 5.92. The van der Waals surface area contributed by atoms with E-state index >= 15 is 0 Å². The van der Waals surface area contributed by atoms with Gasteiger partial charge in [0, 0.05) is 12.6 Å². The predicted molar refractivity (Wildman–Crippen MR) is 111 cm³/mol. The Labute approximate surface area is 164 Å². The number of furan rings is 1. The molecule has 0 amide bonds. The summed E-state index contributed by atoms with van der Waals surface area (Å²) in [6.07, 6.45) is 6.25. The van der Waals surface area contributed by atoms with Gasteiger partial charge < -0.3 is 14.5 Å². The standard InChI is InChI=1S/C24H35NO2/c1-19(2)22(25-17-21-11-8-13-26-21)16-24(12-14-27-23(3,4)18-24)15-20-9-6-5-7-10-20/h5-11,13,19,22,25H,12,14-18H2,1-4H3/t22-,24-/m0/s1. The van der Waals surface area contributed by atoms with Crippen molar-refractivity contribution in [3.8, 4) is 0 Å². The van der Waals surface area contributed by atoms with Gasteiger partial charge in [0.2, 0.25) is 0 Å². The van der Waals surface area contributed by atoms with E-state index in [1.165, 1.54) is 5.56 Å². The van der Waals surface area contributed by atoms with Gasteiger partial charge in [0.1, 0.15) is 5.76 Å². The summed E-state index contributed by atoms with van der Waals surface area (Å²) in [7, 11) is 0. The first-order valence-electron chi connectivity index (χ1n) is 10.3. The Morgan fingerprint density at radius 2 is 1.85 bits per heavy atom. The summed E-state index contributed by atoms with van der Waals surface area (Å²) in [4.78, 5) is 0. The van der Waals surface area contributed by atoms with Crippen LogP contribution in [0.2, 0.25) is 0 Å². The molecule has 1 saturated heterocycles. The number of hydrogen-bond donors (Lipinski definition) is 1. The van der Waals surface area contributed by atoms with Gasteiger partial charge in [-0.25, -0.2) is 0 Å². The Bertz CT molecular complexity index is 678. The van der Waals surface area contributed by atoms with E-state index in [1.54, 1.807) is 6.26 Å². The highest BCUT2D eigenvalue weighted by molar-refractivity contribution is 5.17. The van der Waals surface area contributed by atoms with Crippen LogP contribution in [-0.2, 0) is 17.7 Å². The Balaban J connectivity index is 1.77. The Morgan fingerprint density at radius 1 is 1.07 bits per heavy atom. The predicted octanol–water partition coefficient (Wildman–Crippen LogP) is 5.60. The molecule has 1 aromatic carbocycles. The lowest BCUT2D eigenvalue weighted by Crippen LogP contribution is -2.47. The molecule has 1 N–H and O–H groups in total. The molecule has 0 unspecified atom stereocenters. The third kappa shape index (κ3) is 5.70. The van der Waals surface area contributed by atoms with E-state index in [-0.39, 0.29) is 11.0 Å². The van der Waals surface area contributed by atoms with Crippen LogP contribution in [0.15, 0.2) is 53.1 Å². The van der Waals surface area contributed by atoms with Crippen molar-refractivity contribution in [3.05, 3.63) is 60.1 Å². The van der Waals surface area contributed by atoms with Crippen LogP contribution < -0.4 is 5.32 Å². The first-order valence-corrected chi connectivity index (χ1v) is 10.3. The number of benzene rings is 1. The maximum atomic E-state index is 6.08. The van der Waals surface area contributed by atoms with Gasteiger partial charge in [0.05, 0.1) is 18.4 Å². The van der Waals surface area contributed by atoms with Crippen LogP contribution >= 0.6 is 0 Å². The van der Waals surface area contributed by atoms with Crippen molar-refractivity contribution in [2.45, 2.75) is 71.6 Å². The maximum absolute atomic E-state index is 6.08. The van der Waals surface area contributed by atoms with Crippen LogP contribution in [0.25, 0.3) is 0 Å². The molecular formula is C24H35NO2. The van der Waals surface area contributed by atoms with Gasteiger partial charge in [0.25, 0.3) is 0 Å². The maximum Gasteiger partial charge on any atom is 0.117 e. The zero-order valence-corrected chi connectivity index (χ0v) is 17.3. The summed E-state index contributed by atoms with van der Waals surface area (Å²) in [5.74, 6) is 1.57. The molecule has 3 rings (SSSR count). The van der Waals surface area contributed by atoms with Crippen molar-refractivity contribution in [3.63, 3.8) is 0 Å². The van der Waals surface area contributed by atoms with E-state index in [1.807, 2.05) is 12.1 Å². The monoisotopic (exact) mass is 369 g/mol. The van der Waals surface area contributed by atoms with E-state index in [9.17, 15) is 0 Å². The van der Waals surface area contributed by atoms with Crippen molar-refractivity contribution >= 4 is 0 Å². The lowest BCUT2D eigenvalue weighted by molar-refractivity contribution is -0.110. The van der Waals surface area contributed by atoms with Gasteiger partial charge >= 0.3 is 0 Å². The Morgan fingerprint density at radius 3 is 2.48 bits per heavy atom. The van der Waals surface area contributed by atoms with E-state index in [4.69, 9.17) is 9.15 Å². The molecule has 1 aliphatic heterocycles. The Kier molecular flexibility index (Phi) is 6.44. The molecule has 1 aromatic heterocycles. The van der Waals surface area contributed by atoms with E-state index < -0.39 is 0 Å². The van der Waals surface area contributed by atoms with Crippen LogP contribution in [0, 0.1) is 11.3 Å². The topological polar surface area (TPSA) is 34.4 Å². The Hall–Kier alpha value is -1.58. The van der Waals surface area contributed by atoms with Gasteiger partial charge in [-0.05, 0) is 68.6 Å². The highest BCUT2D eigenvalue weighted by Crippen LogP contribution is 2.45. The molecule has 1 aliphatic rings. The minimum absolute atomic E-state index is 0.0599. The highest BCUT2D eigenvalue weighted by Gasteiger charge is 2.42. The number of rotatable bonds is 8. The van der Waals surface area contributed by atoms with Crippen molar-refractivity contribution in [2.24, 2.45) is 11.3 Å². The molecule has 3 nitrogen and oxygen atoms in total. The number of nitrogens with one attached hydrogen (secondary N) is 1. The summed E-state index contributed by atoms with van der Waals surface area (Å²) in [6, 6.07) is 15.4. The number of ether oxygens (including phenoxy) is 1. The fourth-order valence-electron chi connectivity index (χ4n) is 4.67. The largest absolute Gasteiger partial charge is 0.468 e. The lowest BCUT2D eigenvalue weighted by atomic mass is 9.66. The molecule has 27 heavy (non-hydrogen) atoms. The van der Waals surface area contributed by atoms with Gasteiger partial charge in [-0.1, -0.05) is 44.2 Å². The average Bonchev–Trinajstić information content (AvgIpc) is 3.12. The minimum Gasteiger partial charge on any atom is -0.468 e. The zero-order valence-electron chi connectivity index (χ0n) is 17.3. The second kappa shape index (κ2) is 8.62. The summed E-state index contributed by atoms with van der Waals surface area (Å²) in [5, 5.41) is 3.77. The van der Waals surface area contributed by atoms with E-state index in [2.05, 4.69) is 63.3 Å². The summed E-state index contributed by atoms with van der Waals surface area (Å²) >= 11 is 0. The molecule has 148 valence electrons. The molecule has 2 aromatic rings. The van der Waals surface area contributed by atoms with Crippen LogP contribution in [0.1, 0.15) is 58.3 Å². The first kappa shape index (κ1) is 20.2. The van der Waals surface area contributed by atoms with Crippen LogP contribution in [0.5, 0.6) is 0 Å². The normalized spacial score (nSPS) is 23.4.